The van der Waals surface area contributed by atoms with Gasteiger partial charge in [0, 0.05) is 42.8 Å². The molecule has 0 fully saturated rings. The summed E-state index contributed by atoms with van der Waals surface area (Å²) in [6, 6.07) is 12.1. The quantitative estimate of drug-likeness (QED) is 0.540. The molecule has 114 valence electrons. The van der Waals surface area contributed by atoms with Crippen LogP contribution in [-0.4, -0.2) is 14.1 Å². The molecule has 0 amide bonds. The van der Waals surface area contributed by atoms with Gasteiger partial charge in [0.05, 0.1) is 5.52 Å². The Balaban J connectivity index is 2.21. The molecule has 3 aromatic heterocycles. The van der Waals surface area contributed by atoms with Gasteiger partial charge in [-0.3, -0.25) is 14.3 Å². The molecule has 0 aliphatic carbocycles. The standard InChI is InChI=1S/C19H17N3O/c1-12-4-5-17-15(10-12)16-11-14(13-6-8-20-9-7-13)19(23)22(3)18(16)21(17)2/h4-11H,1-3H3. The number of rotatable bonds is 1. The van der Waals surface area contributed by atoms with E-state index >= 15 is 0 Å². The van der Waals surface area contributed by atoms with Gasteiger partial charge in [0.15, 0.2) is 0 Å². The van der Waals surface area contributed by atoms with Crippen molar-refractivity contribution in [3.63, 3.8) is 0 Å². The fourth-order valence-electron chi connectivity index (χ4n) is 3.34. The van der Waals surface area contributed by atoms with Crippen LogP contribution in [0.4, 0.5) is 0 Å². The van der Waals surface area contributed by atoms with Crippen molar-refractivity contribution >= 4 is 21.9 Å². The van der Waals surface area contributed by atoms with Crippen LogP contribution >= 0.6 is 0 Å². The van der Waals surface area contributed by atoms with E-state index in [1.807, 2.05) is 32.3 Å². The number of hydrogen-bond donors (Lipinski definition) is 0. The first-order valence-electron chi connectivity index (χ1n) is 7.57. The van der Waals surface area contributed by atoms with Gasteiger partial charge >= 0.3 is 0 Å². The molecule has 0 spiro atoms. The molecule has 4 heteroatoms. The SMILES string of the molecule is Cc1ccc2c(c1)c1cc(-c3ccncc3)c(=O)n(C)c1n2C. The zero-order chi connectivity index (χ0) is 16.1. The number of nitrogens with zero attached hydrogens (tertiary/aromatic N) is 3. The highest BCUT2D eigenvalue weighted by atomic mass is 16.1. The highest BCUT2D eigenvalue weighted by molar-refractivity contribution is 6.08. The molecule has 0 radical (unpaired) electrons. The van der Waals surface area contributed by atoms with Crippen molar-refractivity contribution in [1.29, 1.82) is 0 Å². The lowest BCUT2D eigenvalue weighted by molar-refractivity contribution is 0.846. The summed E-state index contributed by atoms with van der Waals surface area (Å²) < 4.78 is 3.82. The minimum atomic E-state index is 0.00586. The Labute approximate surface area is 133 Å². The fraction of sp³-hybridized carbons (Fsp3) is 0.158. The molecule has 3 heterocycles. The molecule has 0 N–H and O–H groups in total. The van der Waals surface area contributed by atoms with Crippen LogP contribution in [0.1, 0.15) is 5.56 Å². The molecule has 1 aromatic carbocycles. The van der Waals surface area contributed by atoms with E-state index in [1.165, 1.54) is 10.9 Å². The molecule has 4 aromatic rings. The first-order valence-corrected chi connectivity index (χ1v) is 7.57. The van der Waals surface area contributed by atoms with E-state index in [2.05, 4.69) is 34.7 Å². The summed E-state index contributed by atoms with van der Waals surface area (Å²) in [7, 11) is 3.84. The normalized spacial score (nSPS) is 11.4. The molecule has 0 atom stereocenters. The lowest BCUT2D eigenvalue weighted by Crippen LogP contribution is -2.20. The predicted molar refractivity (Wildman–Crippen MR) is 93.6 cm³/mol. The highest BCUT2D eigenvalue weighted by Gasteiger charge is 2.15. The summed E-state index contributed by atoms with van der Waals surface area (Å²) >= 11 is 0. The van der Waals surface area contributed by atoms with E-state index in [0.29, 0.717) is 5.56 Å². The number of pyridine rings is 2. The maximum absolute atomic E-state index is 12.8. The van der Waals surface area contributed by atoms with Gasteiger partial charge < -0.3 is 4.57 Å². The largest absolute Gasteiger partial charge is 0.330 e. The molecule has 0 saturated heterocycles. The second-order valence-corrected chi connectivity index (χ2v) is 5.97. The summed E-state index contributed by atoms with van der Waals surface area (Å²) in [5, 5.41) is 2.27. The third-order valence-electron chi connectivity index (χ3n) is 4.49. The average Bonchev–Trinajstić information content (AvgIpc) is 2.83. The van der Waals surface area contributed by atoms with Gasteiger partial charge in [-0.25, -0.2) is 0 Å². The van der Waals surface area contributed by atoms with Crippen LogP contribution in [0.2, 0.25) is 0 Å². The van der Waals surface area contributed by atoms with Crippen molar-refractivity contribution in [2.24, 2.45) is 14.1 Å². The molecule has 0 saturated carbocycles. The van der Waals surface area contributed by atoms with E-state index in [0.717, 1.165) is 22.1 Å². The van der Waals surface area contributed by atoms with Crippen LogP contribution in [0.3, 0.4) is 0 Å². The third-order valence-corrected chi connectivity index (χ3v) is 4.49. The van der Waals surface area contributed by atoms with Crippen molar-refractivity contribution in [2.45, 2.75) is 6.92 Å². The maximum Gasteiger partial charge on any atom is 0.259 e. The molecular formula is C19H17N3O. The Morgan fingerprint density at radius 3 is 2.39 bits per heavy atom. The second-order valence-electron chi connectivity index (χ2n) is 5.97. The molecule has 0 aliphatic rings. The van der Waals surface area contributed by atoms with Crippen molar-refractivity contribution in [3.8, 4) is 11.1 Å². The first kappa shape index (κ1) is 13.8. The molecular weight excluding hydrogens is 286 g/mol. The van der Waals surface area contributed by atoms with Crippen LogP contribution in [0.5, 0.6) is 0 Å². The smallest absolute Gasteiger partial charge is 0.259 e. The monoisotopic (exact) mass is 303 g/mol. The van der Waals surface area contributed by atoms with E-state index in [4.69, 9.17) is 0 Å². The average molecular weight is 303 g/mol. The van der Waals surface area contributed by atoms with Crippen LogP contribution in [-0.2, 0) is 14.1 Å². The summed E-state index contributed by atoms with van der Waals surface area (Å²) in [5.74, 6) is 0. The zero-order valence-electron chi connectivity index (χ0n) is 13.4. The van der Waals surface area contributed by atoms with Gasteiger partial charge in [0.1, 0.15) is 5.65 Å². The van der Waals surface area contributed by atoms with Gasteiger partial charge in [0.25, 0.3) is 5.56 Å². The number of aromatic nitrogens is 3. The summed E-state index contributed by atoms with van der Waals surface area (Å²) in [6.45, 7) is 2.09. The van der Waals surface area contributed by atoms with E-state index in [1.54, 1.807) is 17.0 Å². The van der Waals surface area contributed by atoms with Crippen LogP contribution in [0.25, 0.3) is 33.1 Å². The van der Waals surface area contributed by atoms with Gasteiger partial charge in [-0.05, 0) is 42.8 Å². The van der Waals surface area contributed by atoms with Crippen LogP contribution in [0, 0.1) is 6.92 Å². The summed E-state index contributed by atoms with van der Waals surface area (Å²) in [5.41, 5.74) is 4.89. The Morgan fingerprint density at radius 1 is 0.913 bits per heavy atom. The Bertz CT molecular complexity index is 1100. The zero-order valence-corrected chi connectivity index (χ0v) is 13.4. The van der Waals surface area contributed by atoms with E-state index in [9.17, 15) is 4.79 Å². The van der Waals surface area contributed by atoms with Crippen LogP contribution in [0.15, 0.2) is 53.6 Å². The van der Waals surface area contributed by atoms with Gasteiger partial charge in [0.2, 0.25) is 0 Å². The minimum absolute atomic E-state index is 0.00586. The fourth-order valence-corrected chi connectivity index (χ4v) is 3.34. The Kier molecular flexibility index (Phi) is 2.88. The predicted octanol–water partition coefficient (Wildman–Crippen LogP) is 3.40. The Morgan fingerprint density at radius 2 is 1.65 bits per heavy atom. The van der Waals surface area contributed by atoms with Gasteiger partial charge in [-0.1, -0.05) is 11.6 Å². The molecule has 23 heavy (non-hydrogen) atoms. The number of fused-ring (bicyclic) bond motifs is 3. The van der Waals surface area contributed by atoms with E-state index < -0.39 is 0 Å². The molecule has 0 bridgehead atoms. The summed E-state index contributed by atoms with van der Waals surface area (Å²) in [6.07, 6.45) is 3.43. The van der Waals surface area contributed by atoms with Crippen molar-refractivity contribution in [3.05, 3.63) is 64.7 Å². The number of aryl methyl sites for hydroxylation is 3. The van der Waals surface area contributed by atoms with Crippen molar-refractivity contribution < 1.29 is 0 Å². The number of benzene rings is 1. The molecule has 4 rings (SSSR count). The maximum atomic E-state index is 12.8. The highest BCUT2D eigenvalue weighted by Crippen LogP contribution is 2.30. The summed E-state index contributed by atoms with van der Waals surface area (Å²) in [4.78, 5) is 16.8. The molecule has 4 nitrogen and oxygen atoms in total. The van der Waals surface area contributed by atoms with Gasteiger partial charge in [-0.2, -0.15) is 0 Å². The minimum Gasteiger partial charge on any atom is -0.330 e. The van der Waals surface area contributed by atoms with Crippen molar-refractivity contribution in [2.75, 3.05) is 0 Å². The van der Waals surface area contributed by atoms with Gasteiger partial charge in [-0.15, -0.1) is 0 Å². The van der Waals surface area contributed by atoms with Crippen LogP contribution < -0.4 is 5.56 Å². The first-order chi connectivity index (χ1) is 11.1. The topological polar surface area (TPSA) is 39.8 Å². The van der Waals surface area contributed by atoms with Crippen molar-refractivity contribution in [1.82, 2.24) is 14.1 Å². The number of hydrogen-bond acceptors (Lipinski definition) is 2. The lowest BCUT2D eigenvalue weighted by atomic mass is 10.1. The second kappa shape index (κ2) is 4.81. The Hall–Kier alpha value is -2.88. The van der Waals surface area contributed by atoms with E-state index in [-0.39, 0.29) is 5.56 Å². The lowest BCUT2D eigenvalue weighted by Gasteiger charge is -2.08. The molecule has 0 unspecified atom stereocenters. The third kappa shape index (κ3) is 1.91. The molecule has 0 aliphatic heterocycles.